The van der Waals surface area contributed by atoms with Crippen molar-refractivity contribution in [1.29, 1.82) is 0 Å². The van der Waals surface area contributed by atoms with E-state index < -0.39 is 5.91 Å². The predicted molar refractivity (Wildman–Crippen MR) is 149 cm³/mol. The topological polar surface area (TPSA) is 85.3 Å². The number of rotatable bonds is 7. The number of nitrogens with zero attached hydrogens (tertiary/aromatic N) is 3. The Morgan fingerprint density at radius 3 is 2.36 bits per heavy atom. The molecule has 1 atom stereocenters. The van der Waals surface area contributed by atoms with Gasteiger partial charge in [-0.05, 0) is 35.4 Å². The molecule has 0 aliphatic carbocycles. The lowest BCUT2D eigenvalue weighted by Crippen LogP contribution is -2.42. The van der Waals surface area contributed by atoms with Gasteiger partial charge in [-0.1, -0.05) is 23.7 Å². The molecule has 4 heterocycles. The number of nitrogens with one attached hydrogen (secondary N) is 1. The number of aromatic nitrogens is 1. The summed E-state index contributed by atoms with van der Waals surface area (Å²) in [6.45, 7) is 8.39. The fourth-order valence-corrected chi connectivity index (χ4v) is 5.67. The smallest absolute Gasteiger partial charge is 0.257 e. The average molecular weight is 553 g/mol. The molecule has 2 aromatic carbocycles. The highest BCUT2D eigenvalue weighted by Gasteiger charge is 2.29. The maximum absolute atomic E-state index is 13.8. The monoisotopic (exact) mass is 552 g/mol. The van der Waals surface area contributed by atoms with Crippen molar-refractivity contribution >= 4 is 28.4 Å². The van der Waals surface area contributed by atoms with E-state index in [4.69, 9.17) is 25.8 Å². The summed E-state index contributed by atoms with van der Waals surface area (Å²) in [7, 11) is 0. The van der Waals surface area contributed by atoms with Gasteiger partial charge in [0.05, 0.1) is 43.4 Å². The molecule has 6 rings (SSSR count). The molecule has 3 aromatic rings. The van der Waals surface area contributed by atoms with Crippen LogP contribution >= 0.6 is 11.6 Å². The van der Waals surface area contributed by atoms with Crippen LogP contribution in [-0.4, -0.2) is 86.0 Å². The van der Waals surface area contributed by atoms with Crippen LogP contribution in [-0.2, 0) is 22.6 Å². The maximum atomic E-state index is 13.8. The molecule has 1 unspecified atom stereocenters. The van der Waals surface area contributed by atoms with Crippen LogP contribution in [0.3, 0.4) is 0 Å². The molecule has 0 spiro atoms. The highest BCUT2D eigenvalue weighted by atomic mass is 35.5. The number of ether oxygens (including phenoxy) is 3. The van der Waals surface area contributed by atoms with Crippen LogP contribution in [0.15, 0.2) is 47.4 Å². The molecule has 2 fully saturated rings. The van der Waals surface area contributed by atoms with Crippen molar-refractivity contribution in [3.63, 3.8) is 0 Å². The second kappa shape index (κ2) is 11.7. The summed E-state index contributed by atoms with van der Waals surface area (Å²) < 4.78 is 19.4. The lowest BCUT2D eigenvalue weighted by atomic mass is 10.0. The Kier molecular flexibility index (Phi) is 7.85. The molecule has 0 bridgehead atoms. The van der Waals surface area contributed by atoms with Crippen molar-refractivity contribution in [3.05, 3.63) is 74.5 Å². The van der Waals surface area contributed by atoms with E-state index in [2.05, 4.69) is 19.7 Å². The van der Waals surface area contributed by atoms with Gasteiger partial charge in [-0.2, -0.15) is 0 Å². The minimum atomic E-state index is -0.391. The summed E-state index contributed by atoms with van der Waals surface area (Å²) >= 11 is 5.99. The van der Waals surface area contributed by atoms with Gasteiger partial charge in [0.2, 0.25) is 5.43 Å². The van der Waals surface area contributed by atoms with Crippen molar-refractivity contribution in [3.8, 4) is 5.75 Å². The average Bonchev–Trinajstić information content (AvgIpc) is 2.96. The van der Waals surface area contributed by atoms with Gasteiger partial charge in [0.25, 0.3) is 5.91 Å². The van der Waals surface area contributed by atoms with Gasteiger partial charge in [0.1, 0.15) is 17.9 Å². The summed E-state index contributed by atoms with van der Waals surface area (Å²) in [4.78, 5) is 31.8. The quantitative estimate of drug-likeness (QED) is 0.482. The summed E-state index contributed by atoms with van der Waals surface area (Å²) in [5, 5.41) is 4.07. The number of amides is 1. The number of hydrogen-bond donors (Lipinski definition) is 1. The highest BCUT2D eigenvalue weighted by molar-refractivity contribution is 6.30. The van der Waals surface area contributed by atoms with Gasteiger partial charge in [-0.25, -0.2) is 0 Å². The minimum absolute atomic E-state index is 0.0355. The van der Waals surface area contributed by atoms with E-state index in [1.807, 2.05) is 24.3 Å². The summed E-state index contributed by atoms with van der Waals surface area (Å²) in [6, 6.07) is 11.2. The number of halogens is 1. The molecule has 0 saturated carbocycles. The molecule has 3 aliphatic rings. The SMILES string of the molecule is O=C(NCc1ccc(Cl)cc1)c1cn2c3c(cc(CN4CCOCC4)cc3c1=O)OCC2CN1CCOCC1. The third-order valence-corrected chi connectivity index (χ3v) is 7.92. The van der Waals surface area contributed by atoms with Gasteiger partial charge in [-0.3, -0.25) is 19.4 Å². The van der Waals surface area contributed by atoms with Crippen LogP contribution < -0.4 is 15.5 Å². The van der Waals surface area contributed by atoms with E-state index >= 15 is 0 Å². The molecule has 1 N–H and O–H groups in total. The molecule has 10 heteroatoms. The molecule has 39 heavy (non-hydrogen) atoms. The number of benzene rings is 2. The summed E-state index contributed by atoms with van der Waals surface area (Å²) in [6.07, 6.45) is 1.72. The summed E-state index contributed by atoms with van der Waals surface area (Å²) in [5.41, 5.74) is 2.51. The van der Waals surface area contributed by atoms with Crippen molar-refractivity contribution in [2.24, 2.45) is 0 Å². The first kappa shape index (κ1) is 26.3. The van der Waals surface area contributed by atoms with E-state index in [1.54, 1.807) is 18.3 Å². The van der Waals surface area contributed by atoms with Gasteiger partial charge in [0.15, 0.2) is 0 Å². The first-order valence-corrected chi connectivity index (χ1v) is 13.9. The zero-order valence-electron chi connectivity index (χ0n) is 21.9. The van der Waals surface area contributed by atoms with Crippen LogP contribution in [0.1, 0.15) is 27.5 Å². The number of carbonyl (C=O) groups is 1. The van der Waals surface area contributed by atoms with E-state index in [0.717, 1.165) is 49.4 Å². The van der Waals surface area contributed by atoms with E-state index in [9.17, 15) is 9.59 Å². The largest absolute Gasteiger partial charge is 0.489 e. The Balaban J connectivity index is 1.36. The lowest BCUT2D eigenvalue weighted by Gasteiger charge is -2.35. The molecule has 1 amide bonds. The van der Waals surface area contributed by atoms with Crippen molar-refractivity contribution in [1.82, 2.24) is 19.7 Å². The van der Waals surface area contributed by atoms with Gasteiger partial charge in [-0.15, -0.1) is 0 Å². The van der Waals surface area contributed by atoms with Crippen LogP contribution in [0.25, 0.3) is 10.9 Å². The van der Waals surface area contributed by atoms with E-state index in [-0.39, 0.29) is 17.0 Å². The zero-order valence-corrected chi connectivity index (χ0v) is 22.6. The second-order valence-corrected chi connectivity index (χ2v) is 10.8. The number of morpholine rings is 2. The standard InChI is InChI=1S/C29H33ClN4O5/c30-22-3-1-20(2-4-22)15-31-29(36)25-18-34-23(17-33-7-11-38-12-8-33)19-39-26-14-21(13-24(27(26)34)28(25)35)16-32-5-9-37-10-6-32/h1-4,13-14,18,23H,5-12,15-17,19H2,(H,31,36). The van der Waals surface area contributed by atoms with Crippen molar-refractivity contribution < 1.29 is 19.0 Å². The van der Waals surface area contributed by atoms with Crippen LogP contribution in [0.2, 0.25) is 5.02 Å². The molecule has 9 nitrogen and oxygen atoms in total. The highest BCUT2D eigenvalue weighted by Crippen LogP contribution is 2.34. The molecule has 2 saturated heterocycles. The van der Waals surface area contributed by atoms with E-state index in [1.165, 1.54) is 0 Å². The number of hydrogen-bond acceptors (Lipinski definition) is 7. The Bertz CT molecular complexity index is 1400. The zero-order chi connectivity index (χ0) is 26.8. The normalized spacial score (nSPS) is 20.1. The first-order valence-electron chi connectivity index (χ1n) is 13.5. The second-order valence-electron chi connectivity index (χ2n) is 10.3. The third-order valence-electron chi connectivity index (χ3n) is 7.67. The molecule has 0 radical (unpaired) electrons. The summed E-state index contributed by atoms with van der Waals surface area (Å²) in [5.74, 6) is 0.302. The van der Waals surface area contributed by atoms with Gasteiger partial charge in [0, 0.05) is 57.0 Å². The van der Waals surface area contributed by atoms with Crippen LogP contribution in [0, 0.1) is 0 Å². The molecule has 1 aromatic heterocycles. The van der Waals surface area contributed by atoms with Crippen LogP contribution in [0.5, 0.6) is 5.75 Å². The fraction of sp³-hybridized carbons (Fsp3) is 0.448. The Morgan fingerprint density at radius 1 is 0.949 bits per heavy atom. The molecular weight excluding hydrogens is 520 g/mol. The van der Waals surface area contributed by atoms with Crippen LogP contribution in [0.4, 0.5) is 0 Å². The molecular formula is C29H33ClN4O5. The third kappa shape index (κ3) is 5.83. The molecule has 206 valence electrons. The van der Waals surface area contributed by atoms with Crippen molar-refractivity contribution in [2.45, 2.75) is 19.1 Å². The Hall–Kier alpha value is -2.95. The number of pyridine rings is 1. The van der Waals surface area contributed by atoms with Gasteiger partial charge < -0.3 is 24.1 Å². The number of carbonyl (C=O) groups excluding carboxylic acids is 1. The lowest BCUT2D eigenvalue weighted by molar-refractivity contribution is 0.0272. The predicted octanol–water partition coefficient (Wildman–Crippen LogP) is 2.68. The van der Waals surface area contributed by atoms with E-state index in [0.29, 0.717) is 62.3 Å². The Morgan fingerprint density at radius 2 is 1.64 bits per heavy atom. The fourth-order valence-electron chi connectivity index (χ4n) is 5.55. The minimum Gasteiger partial charge on any atom is -0.489 e. The first-order chi connectivity index (χ1) is 19.0. The van der Waals surface area contributed by atoms with Gasteiger partial charge >= 0.3 is 0 Å². The van der Waals surface area contributed by atoms with Crippen molar-refractivity contribution in [2.75, 3.05) is 65.8 Å². The Labute approximate surface area is 232 Å². The molecule has 3 aliphatic heterocycles. The maximum Gasteiger partial charge on any atom is 0.257 e.